The fraction of sp³-hybridized carbons (Fsp3) is 0.455. The van der Waals surface area contributed by atoms with Gasteiger partial charge >= 0.3 is 5.69 Å². The van der Waals surface area contributed by atoms with Crippen LogP contribution in [0.1, 0.15) is 5.56 Å². The summed E-state index contributed by atoms with van der Waals surface area (Å²) in [6.07, 6.45) is -1.09. The van der Waals surface area contributed by atoms with Gasteiger partial charge < -0.3 is 19.7 Å². The second kappa shape index (κ2) is 6.18. The zero-order chi connectivity index (χ0) is 13.7. The van der Waals surface area contributed by atoms with Crippen molar-refractivity contribution in [2.24, 2.45) is 0 Å². The Hall–Kier alpha value is -1.86. The van der Waals surface area contributed by atoms with E-state index in [0.29, 0.717) is 0 Å². The number of hydrogen-bond donors (Lipinski definition) is 2. The first-order valence-corrected chi connectivity index (χ1v) is 5.22. The van der Waals surface area contributed by atoms with E-state index < -0.39 is 17.6 Å². The molecule has 0 aliphatic carbocycles. The maximum absolute atomic E-state index is 11.1. The van der Waals surface area contributed by atoms with Crippen molar-refractivity contribution in [3.05, 3.63) is 27.8 Å². The number of nitro groups is 1. The van der Waals surface area contributed by atoms with Crippen LogP contribution in [0.15, 0.2) is 12.1 Å². The largest absolute Gasteiger partial charge is 0.493 e. The quantitative estimate of drug-likeness (QED) is 0.568. The Bertz CT molecular complexity index is 434. The first-order valence-electron chi connectivity index (χ1n) is 5.22. The van der Waals surface area contributed by atoms with Crippen molar-refractivity contribution in [1.82, 2.24) is 0 Å². The van der Waals surface area contributed by atoms with E-state index in [2.05, 4.69) is 0 Å². The van der Waals surface area contributed by atoms with Gasteiger partial charge in [0, 0.05) is 12.0 Å². The third-order valence-electron chi connectivity index (χ3n) is 2.45. The Morgan fingerprint density at radius 2 is 2.06 bits per heavy atom. The molecule has 1 atom stereocenters. The van der Waals surface area contributed by atoms with Crippen molar-refractivity contribution in [2.75, 3.05) is 20.8 Å². The van der Waals surface area contributed by atoms with E-state index in [1.807, 2.05) is 0 Å². The third-order valence-corrected chi connectivity index (χ3v) is 2.45. The minimum atomic E-state index is -1.05. The molecule has 0 heterocycles. The lowest BCUT2D eigenvalue weighted by Gasteiger charge is -2.12. The van der Waals surface area contributed by atoms with Crippen LogP contribution < -0.4 is 9.47 Å². The second-order valence-electron chi connectivity index (χ2n) is 3.61. The van der Waals surface area contributed by atoms with E-state index in [0.717, 1.165) is 0 Å². The Morgan fingerprint density at radius 3 is 2.50 bits per heavy atom. The molecular weight excluding hydrogens is 242 g/mol. The predicted molar refractivity (Wildman–Crippen MR) is 63.0 cm³/mol. The number of methoxy groups -OCH3 is 2. The number of hydrogen-bond acceptors (Lipinski definition) is 6. The number of aliphatic hydroxyl groups is 2. The maximum atomic E-state index is 11.1. The van der Waals surface area contributed by atoms with Gasteiger partial charge in [-0.1, -0.05) is 0 Å². The first kappa shape index (κ1) is 14.2. The summed E-state index contributed by atoms with van der Waals surface area (Å²) in [4.78, 5) is 10.5. The molecule has 0 saturated carbocycles. The van der Waals surface area contributed by atoms with Gasteiger partial charge in [-0.25, -0.2) is 0 Å². The van der Waals surface area contributed by atoms with Crippen LogP contribution in [0, 0.1) is 10.1 Å². The summed E-state index contributed by atoms with van der Waals surface area (Å²) in [6.45, 7) is -0.467. The summed E-state index contributed by atoms with van der Waals surface area (Å²) in [5.74, 6) is 0.247. The number of nitro benzene ring substituents is 1. The first-order chi connectivity index (χ1) is 8.54. The number of ether oxygens (including phenoxy) is 2. The molecule has 1 rings (SSSR count). The molecule has 0 bridgehead atoms. The van der Waals surface area contributed by atoms with Gasteiger partial charge in [0.25, 0.3) is 0 Å². The standard InChI is InChI=1S/C11H15NO6/c1-17-9-4-3-7(5-8(14)6-13)10(12(15)16)11(9)18-2/h3-4,8,13-14H,5-6H2,1-2H3. The highest BCUT2D eigenvalue weighted by atomic mass is 16.6. The molecular formula is C11H15NO6. The van der Waals surface area contributed by atoms with Gasteiger partial charge in [-0.3, -0.25) is 10.1 Å². The molecule has 0 fully saturated rings. The van der Waals surface area contributed by atoms with Crippen LogP contribution in [-0.2, 0) is 6.42 Å². The van der Waals surface area contributed by atoms with E-state index in [1.54, 1.807) is 0 Å². The molecule has 0 radical (unpaired) electrons. The maximum Gasteiger partial charge on any atom is 0.318 e. The molecule has 1 unspecified atom stereocenters. The average Bonchev–Trinajstić information content (AvgIpc) is 2.37. The number of rotatable bonds is 6. The van der Waals surface area contributed by atoms with Gasteiger partial charge in [-0.05, 0) is 12.1 Å². The molecule has 1 aromatic rings. The van der Waals surface area contributed by atoms with Gasteiger partial charge in [0.15, 0.2) is 5.75 Å². The van der Waals surface area contributed by atoms with E-state index >= 15 is 0 Å². The van der Waals surface area contributed by atoms with Crippen molar-refractivity contribution in [2.45, 2.75) is 12.5 Å². The highest BCUT2D eigenvalue weighted by molar-refractivity contribution is 5.60. The van der Waals surface area contributed by atoms with Gasteiger partial charge in [0.1, 0.15) is 0 Å². The molecule has 2 N–H and O–H groups in total. The second-order valence-corrected chi connectivity index (χ2v) is 3.61. The fourth-order valence-corrected chi connectivity index (χ4v) is 1.63. The van der Waals surface area contributed by atoms with Crippen LogP contribution >= 0.6 is 0 Å². The third kappa shape index (κ3) is 2.88. The highest BCUT2D eigenvalue weighted by Gasteiger charge is 2.26. The topological polar surface area (TPSA) is 102 Å². The average molecular weight is 257 g/mol. The SMILES string of the molecule is COc1ccc(CC(O)CO)c([N+](=O)[O-])c1OC. The van der Waals surface area contributed by atoms with Gasteiger partial charge in [0.2, 0.25) is 5.75 Å². The van der Waals surface area contributed by atoms with E-state index in [9.17, 15) is 15.2 Å². The Balaban J connectivity index is 3.30. The van der Waals surface area contributed by atoms with Crippen LogP contribution in [0.2, 0.25) is 0 Å². The lowest BCUT2D eigenvalue weighted by Crippen LogP contribution is -2.16. The monoisotopic (exact) mass is 257 g/mol. The molecule has 0 saturated heterocycles. The van der Waals surface area contributed by atoms with Gasteiger partial charge in [0.05, 0.1) is 31.9 Å². The van der Waals surface area contributed by atoms with E-state index in [-0.39, 0.29) is 29.2 Å². The van der Waals surface area contributed by atoms with Gasteiger partial charge in [-0.15, -0.1) is 0 Å². The van der Waals surface area contributed by atoms with Crippen molar-refractivity contribution >= 4 is 5.69 Å². The summed E-state index contributed by atoms with van der Waals surface area (Å²) >= 11 is 0. The molecule has 100 valence electrons. The van der Waals surface area contributed by atoms with Crippen molar-refractivity contribution in [3.63, 3.8) is 0 Å². The van der Waals surface area contributed by atoms with Gasteiger partial charge in [-0.2, -0.15) is 0 Å². The summed E-state index contributed by atoms with van der Waals surface area (Å²) in [5, 5.41) is 29.2. The van der Waals surface area contributed by atoms with Crippen LogP contribution in [0.25, 0.3) is 0 Å². The fourth-order valence-electron chi connectivity index (χ4n) is 1.63. The summed E-state index contributed by atoms with van der Waals surface area (Å²) in [7, 11) is 2.68. The summed E-state index contributed by atoms with van der Waals surface area (Å²) in [6, 6.07) is 2.99. The highest BCUT2D eigenvalue weighted by Crippen LogP contribution is 2.39. The lowest BCUT2D eigenvalue weighted by atomic mass is 10.0. The number of benzene rings is 1. The van der Waals surface area contributed by atoms with Crippen LogP contribution in [-0.4, -0.2) is 42.1 Å². The minimum Gasteiger partial charge on any atom is -0.493 e. The van der Waals surface area contributed by atoms with E-state index in [1.165, 1.54) is 26.4 Å². The molecule has 0 aliphatic heterocycles. The summed E-state index contributed by atoms with van der Waals surface area (Å²) < 4.78 is 9.95. The zero-order valence-corrected chi connectivity index (χ0v) is 10.1. The molecule has 18 heavy (non-hydrogen) atoms. The van der Waals surface area contributed by atoms with Crippen LogP contribution in [0.3, 0.4) is 0 Å². The molecule has 1 aromatic carbocycles. The minimum absolute atomic E-state index is 0.00476. The van der Waals surface area contributed by atoms with Crippen molar-refractivity contribution in [3.8, 4) is 11.5 Å². The predicted octanol–water partition coefficient (Wildman–Crippen LogP) is 0.508. The summed E-state index contributed by atoms with van der Waals surface area (Å²) in [5.41, 5.74) is 0.0172. The van der Waals surface area contributed by atoms with Crippen LogP contribution in [0.5, 0.6) is 11.5 Å². The molecule has 0 aromatic heterocycles. The van der Waals surface area contributed by atoms with Crippen molar-refractivity contribution in [1.29, 1.82) is 0 Å². The Labute approximate surface area is 104 Å². The van der Waals surface area contributed by atoms with Crippen LogP contribution in [0.4, 0.5) is 5.69 Å². The normalized spacial score (nSPS) is 12.0. The lowest BCUT2D eigenvalue weighted by molar-refractivity contribution is -0.386. The Kier molecular flexibility index (Phi) is 4.87. The zero-order valence-electron chi connectivity index (χ0n) is 10.1. The van der Waals surface area contributed by atoms with E-state index in [4.69, 9.17) is 14.6 Å². The molecule has 0 aliphatic rings. The Morgan fingerprint density at radius 1 is 1.39 bits per heavy atom. The molecule has 7 nitrogen and oxygen atoms in total. The molecule has 0 spiro atoms. The molecule has 7 heteroatoms. The van der Waals surface area contributed by atoms with Crippen molar-refractivity contribution < 1.29 is 24.6 Å². The number of aliphatic hydroxyl groups excluding tert-OH is 2. The number of nitrogens with zero attached hydrogens (tertiary/aromatic N) is 1. The smallest absolute Gasteiger partial charge is 0.318 e. The molecule has 0 amide bonds.